The third-order valence-corrected chi connectivity index (χ3v) is 4.67. The lowest BCUT2D eigenvalue weighted by Crippen LogP contribution is -2.24. The summed E-state index contributed by atoms with van der Waals surface area (Å²) in [4.78, 5) is 23.0. The van der Waals surface area contributed by atoms with Gasteiger partial charge < -0.3 is 19.3 Å². The van der Waals surface area contributed by atoms with Crippen molar-refractivity contribution in [3.8, 4) is 17.2 Å². The number of carbonyl (C=O) groups excluding carboxylic acids is 1. The van der Waals surface area contributed by atoms with Crippen molar-refractivity contribution in [2.24, 2.45) is 5.10 Å². The number of hydrazone groups is 1. The number of methoxy groups -OCH3 is 1. The maximum Gasteiger partial charge on any atom is 0.335 e. The van der Waals surface area contributed by atoms with Crippen LogP contribution in [0.4, 0.5) is 0 Å². The molecule has 0 saturated carbocycles. The monoisotopic (exact) mass is 468 g/mol. The quantitative estimate of drug-likeness (QED) is 0.342. The van der Waals surface area contributed by atoms with Gasteiger partial charge in [0.05, 0.1) is 23.9 Å². The molecule has 3 aromatic rings. The average molecular weight is 469 g/mol. The molecule has 2 N–H and O–H groups in total. The number of hydrogen-bond acceptors (Lipinski definition) is 6. The van der Waals surface area contributed by atoms with Gasteiger partial charge in [-0.15, -0.1) is 0 Å². The molecule has 0 aliphatic heterocycles. The predicted molar refractivity (Wildman–Crippen MR) is 123 cm³/mol. The number of halogens is 1. The highest BCUT2D eigenvalue weighted by molar-refractivity contribution is 6.32. The molecule has 1 amide bonds. The molecule has 9 heteroatoms. The molecule has 0 aliphatic rings. The summed E-state index contributed by atoms with van der Waals surface area (Å²) in [5.74, 6) is -0.0927. The van der Waals surface area contributed by atoms with Crippen LogP contribution in [0.25, 0.3) is 0 Å². The van der Waals surface area contributed by atoms with E-state index in [1.54, 1.807) is 60.7 Å². The highest BCUT2D eigenvalue weighted by Crippen LogP contribution is 2.28. The molecular weight excluding hydrogens is 448 g/mol. The summed E-state index contributed by atoms with van der Waals surface area (Å²) in [5, 5.41) is 13.4. The van der Waals surface area contributed by atoms with Gasteiger partial charge in [0.15, 0.2) is 18.1 Å². The van der Waals surface area contributed by atoms with E-state index in [4.69, 9.17) is 30.9 Å². The Hall–Kier alpha value is -4.04. The summed E-state index contributed by atoms with van der Waals surface area (Å²) in [6, 6.07) is 18.5. The lowest BCUT2D eigenvalue weighted by atomic mass is 10.1. The Labute approximate surface area is 195 Å². The van der Waals surface area contributed by atoms with Crippen molar-refractivity contribution in [2.75, 3.05) is 13.7 Å². The van der Waals surface area contributed by atoms with Gasteiger partial charge in [-0.3, -0.25) is 4.79 Å². The number of para-hydroxylation sites is 1. The Balaban J connectivity index is 1.55. The van der Waals surface area contributed by atoms with Crippen LogP contribution in [0.3, 0.4) is 0 Å². The van der Waals surface area contributed by atoms with E-state index in [9.17, 15) is 9.59 Å². The number of nitrogens with one attached hydrogen (secondary N) is 1. The third kappa shape index (κ3) is 6.98. The fourth-order valence-corrected chi connectivity index (χ4v) is 2.95. The molecular formula is C24H21ClN2O6. The SMILES string of the molecule is COc1cc(/C=N/NC(=O)COc2ccccc2Cl)ccc1OCc1cccc(C(=O)O)c1. The maximum absolute atomic E-state index is 11.9. The number of carboxylic acids is 1. The highest BCUT2D eigenvalue weighted by Gasteiger charge is 2.08. The van der Waals surface area contributed by atoms with Crippen molar-refractivity contribution in [3.63, 3.8) is 0 Å². The first-order chi connectivity index (χ1) is 16.0. The van der Waals surface area contributed by atoms with E-state index in [2.05, 4.69) is 10.5 Å². The molecule has 0 fully saturated rings. The fourth-order valence-electron chi connectivity index (χ4n) is 2.76. The Morgan fingerprint density at radius 2 is 1.82 bits per heavy atom. The van der Waals surface area contributed by atoms with E-state index >= 15 is 0 Å². The van der Waals surface area contributed by atoms with Crippen LogP contribution in [0.2, 0.25) is 5.02 Å². The molecule has 33 heavy (non-hydrogen) atoms. The summed E-state index contributed by atoms with van der Waals surface area (Å²) >= 11 is 5.98. The normalized spacial score (nSPS) is 10.6. The average Bonchev–Trinajstić information content (AvgIpc) is 2.82. The fraction of sp³-hybridized carbons (Fsp3) is 0.125. The number of benzene rings is 3. The molecule has 170 valence electrons. The molecule has 0 aliphatic carbocycles. The van der Waals surface area contributed by atoms with Crippen LogP contribution in [-0.2, 0) is 11.4 Å². The van der Waals surface area contributed by atoms with Crippen LogP contribution < -0.4 is 19.6 Å². The van der Waals surface area contributed by atoms with Gasteiger partial charge in [0.1, 0.15) is 12.4 Å². The second-order valence-electron chi connectivity index (χ2n) is 6.72. The lowest BCUT2D eigenvalue weighted by Gasteiger charge is -2.11. The van der Waals surface area contributed by atoms with E-state index in [1.165, 1.54) is 19.4 Å². The summed E-state index contributed by atoms with van der Waals surface area (Å²) in [6.45, 7) is -0.0628. The van der Waals surface area contributed by atoms with Crippen LogP contribution in [0.5, 0.6) is 17.2 Å². The Morgan fingerprint density at radius 3 is 2.58 bits per heavy atom. The maximum atomic E-state index is 11.9. The molecule has 0 saturated heterocycles. The largest absolute Gasteiger partial charge is 0.493 e. The van der Waals surface area contributed by atoms with Crippen molar-refractivity contribution >= 4 is 29.7 Å². The molecule has 0 radical (unpaired) electrons. The van der Waals surface area contributed by atoms with Crippen molar-refractivity contribution < 1.29 is 28.9 Å². The smallest absolute Gasteiger partial charge is 0.335 e. The minimum absolute atomic E-state index is 0.173. The number of rotatable bonds is 10. The van der Waals surface area contributed by atoms with Gasteiger partial charge in [0.25, 0.3) is 5.91 Å². The molecule has 0 unspecified atom stereocenters. The number of amides is 1. The summed E-state index contributed by atoms with van der Waals surface area (Å²) in [6.07, 6.45) is 1.45. The van der Waals surface area contributed by atoms with Crippen LogP contribution in [0.1, 0.15) is 21.5 Å². The molecule has 0 bridgehead atoms. The zero-order valence-electron chi connectivity index (χ0n) is 17.7. The number of carboxylic acid groups (broad SMARTS) is 1. The van der Waals surface area contributed by atoms with Crippen LogP contribution >= 0.6 is 11.6 Å². The van der Waals surface area contributed by atoms with Gasteiger partial charge in [0, 0.05) is 0 Å². The Bertz CT molecular complexity index is 1170. The molecule has 0 heterocycles. The molecule has 0 spiro atoms. The predicted octanol–water partition coefficient (Wildman–Crippen LogP) is 4.15. The van der Waals surface area contributed by atoms with E-state index in [-0.39, 0.29) is 18.8 Å². The molecule has 0 atom stereocenters. The summed E-state index contributed by atoms with van der Waals surface area (Å²) in [7, 11) is 1.50. The number of carbonyl (C=O) groups is 2. The molecule has 3 rings (SSSR count). The summed E-state index contributed by atoms with van der Waals surface area (Å²) in [5.41, 5.74) is 3.94. The first-order valence-corrected chi connectivity index (χ1v) is 10.2. The van der Waals surface area contributed by atoms with E-state index in [0.717, 1.165) is 0 Å². The second kappa shape index (κ2) is 11.5. The van der Waals surface area contributed by atoms with Crippen molar-refractivity contribution in [2.45, 2.75) is 6.61 Å². The Morgan fingerprint density at radius 1 is 1.00 bits per heavy atom. The third-order valence-electron chi connectivity index (χ3n) is 4.35. The van der Waals surface area contributed by atoms with Crippen molar-refractivity contribution in [1.82, 2.24) is 5.43 Å². The van der Waals surface area contributed by atoms with Gasteiger partial charge in [-0.2, -0.15) is 5.10 Å². The molecule has 3 aromatic carbocycles. The van der Waals surface area contributed by atoms with Crippen molar-refractivity contribution in [3.05, 3.63) is 88.4 Å². The summed E-state index contributed by atoms with van der Waals surface area (Å²) < 4.78 is 16.5. The zero-order valence-corrected chi connectivity index (χ0v) is 18.4. The van der Waals surface area contributed by atoms with Gasteiger partial charge >= 0.3 is 5.97 Å². The molecule has 0 aromatic heterocycles. The number of hydrogen-bond donors (Lipinski definition) is 2. The van der Waals surface area contributed by atoms with Crippen LogP contribution in [-0.4, -0.2) is 36.9 Å². The topological polar surface area (TPSA) is 106 Å². The van der Waals surface area contributed by atoms with Crippen LogP contribution in [0.15, 0.2) is 71.8 Å². The zero-order chi connectivity index (χ0) is 23.6. The highest BCUT2D eigenvalue weighted by atomic mass is 35.5. The van der Waals surface area contributed by atoms with E-state index < -0.39 is 11.9 Å². The van der Waals surface area contributed by atoms with Gasteiger partial charge in [-0.1, -0.05) is 35.9 Å². The Kier molecular flexibility index (Phi) is 8.26. The number of aromatic carboxylic acids is 1. The number of ether oxygens (including phenoxy) is 3. The van der Waals surface area contributed by atoms with Crippen LogP contribution in [0, 0.1) is 0 Å². The molecule has 8 nitrogen and oxygen atoms in total. The van der Waals surface area contributed by atoms with Gasteiger partial charge in [0.2, 0.25) is 0 Å². The van der Waals surface area contributed by atoms with Crippen molar-refractivity contribution in [1.29, 1.82) is 0 Å². The number of nitrogens with zero attached hydrogens (tertiary/aromatic N) is 1. The minimum Gasteiger partial charge on any atom is -0.493 e. The van der Waals surface area contributed by atoms with E-state index in [0.29, 0.717) is 33.4 Å². The standard InChI is InChI=1S/C24H21ClN2O6/c1-31-22-12-16(13-26-27-23(28)15-33-20-8-3-2-7-19(20)25)9-10-21(22)32-14-17-5-4-6-18(11-17)24(29)30/h2-13H,14-15H2,1H3,(H,27,28)(H,29,30)/b26-13+. The van der Waals surface area contributed by atoms with E-state index in [1.807, 2.05) is 0 Å². The first-order valence-electron chi connectivity index (χ1n) is 9.78. The first kappa shape index (κ1) is 23.6. The lowest BCUT2D eigenvalue weighted by molar-refractivity contribution is -0.123. The minimum atomic E-state index is -0.999. The van der Waals surface area contributed by atoms with Gasteiger partial charge in [-0.25, -0.2) is 10.2 Å². The van der Waals surface area contributed by atoms with Gasteiger partial charge in [-0.05, 0) is 53.6 Å². The second-order valence-corrected chi connectivity index (χ2v) is 7.12.